The Balaban J connectivity index is 1.31. The molecule has 0 aliphatic heterocycles. The third kappa shape index (κ3) is 4.61. The second kappa shape index (κ2) is 11.9. The van der Waals surface area contributed by atoms with Gasteiger partial charge in [-0.05, 0) is 42.5 Å². The number of fused-ring (bicyclic) bond motifs is 7. The van der Waals surface area contributed by atoms with Gasteiger partial charge in [0.05, 0.1) is 34.3 Å². The molecule has 0 aliphatic carbocycles. The lowest BCUT2D eigenvalue weighted by Crippen LogP contribution is -2.03. The predicted octanol–water partition coefficient (Wildman–Crippen LogP) is 11.6. The highest BCUT2D eigenvalue weighted by molar-refractivity contribution is 6.26. The molecule has 242 valence electrons. The van der Waals surface area contributed by atoms with Crippen LogP contribution in [-0.2, 0) is 0 Å². The van der Waals surface area contributed by atoms with Gasteiger partial charge in [-0.25, -0.2) is 19.8 Å². The normalized spacial score (nSPS) is 11.4. The maximum absolute atomic E-state index is 7.70. The van der Waals surface area contributed by atoms with Crippen molar-refractivity contribution in [1.29, 1.82) is 0 Å². The lowest BCUT2D eigenvalue weighted by atomic mass is 10.1. The van der Waals surface area contributed by atoms with Gasteiger partial charge in [-0.15, -0.1) is 0 Å². The van der Waals surface area contributed by atoms with Crippen LogP contribution >= 0.6 is 0 Å². The minimum Gasteiger partial charge on any atom is -0.310 e. The van der Waals surface area contributed by atoms with Crippen LogP contribution in [0.5, 0.6) is 0 Å². The van der Waals surface area contributed by atoms with E-state index >= 15 is 0 Å². The van der Waals surface area contributed by atoms with Crippen LogP contribution in [0.25, 0.3) is 94.0 Å². The zero-order valence-corrected chi connectivity index (χ0v) is 27.8. The van der Waals surface area contributed by atoms with Crippen LogP contribution in [0, 0.1) is 6.57 Å². The van der Waals surface area contributed by atoms with Crippen LogP contribution in [0.15, 0.2) is 170 Å². The molecule has 7 aromatic carbocycles. The van der Waals surface area contributed by atoms with Crippen molar-refractivity contribution in [2.45, 2.75) is 0 Å². The first-order chi connectivity index (χ1) is 25.8. The molecule has 0 amide bonds. The molecule has 0 N–H and O–H groups in total. The molecule has 10 rings (SSSR count). The average molecular weight is 665 g/mol. The molecule has 3 heterocycles. The number of aromatic nitrogens is 5. The first-order valence-corrected chi connectivity index (χ1v) is 17.2. The van der Waals surface area contributed by atoms with Gasteiger partial charge in [-0.3, -0.25) is 0 Å². The van der Waals surface area contributed by atoms with Crippen molar-refractivity contribution in [1.82, 2.24) is 24.1 Å². The highest BCUT2D eigenvalue weighted by Gasteiger charge is 2.23. The van der Waals surface area contributed by atoms with E-state index in [1.807, 2.05) is 84.9 Å². The second-order valence-corrected chi connectivity index (χ2v) is 12.7. The molecule has 0 saturated heterocycles. The standard InChI is InChI=1S/C46H28N6/c1-47-32-19-14-20-33(29-32)51-39-25-12-9-22-36(39)42-41(51)28-27-35-34-21-8-11-24-38(34)52(43(35)42)40-26-13-10-23-37(40)46-49-44(30-15-4-2-5-16-30)48-45(50-46)31-17-6-3-7-18-31/h2-29H. The summed E-state index contributed by atoms with van der Waals surface area (Å²) < 4.78 is 4.65. The number of hydrogen-bond donors (Lipinski definition) is 0. The molecule has 0 radical (unpaired) electrons. The Kier molecular flexibility index (Phi) is 6.76. The summed E-state index contributed by atoms with van der Waals surface area (Å²) in [6, 6.07) is 58.0. The van der Waals surface area contributed by atoms with Crippen LogP contribution in [-0.4, -0.2) is 24.1 Å². The topological polar surface area (TPSA) is 52.9 Å². The van der Waals surface area contributed by atoms with Gasteiger partial charge in [0, 0.05) is 43.9 Å². The third-order valence-corrected chi connectivity index (χ3v) is 9.77. The highest BCUT2D eigenvalue weighted by atomic mass is 15.1. The Bertz CT molecular complexity index is 2970. The van der Waals surface area contributed by atoms with Crippen LogP contribution in [0.1, 0.15) is 0 Å². The molecule has 10 aromatic rings. The van der Waals surface area contributed by atoms with Crippen LogP contribution in [0.2, 0.25) is 0 Å². The van der Waals surface area contributed by atoms with Gasteiger partial charge in [0.25, 0.3) is 0 Å². The largest absolute Gasteiger partial charge is 0.310 e. The number of nitrogens with zero attached hydrogens (tertiary/aromatic N) is 6. The summed E-state index contributed by atoms with van der Waals surface area (Å²) in [5, 5.41) is 4.58. The van der Waals surface area contributed by atoms with Gasteiger partial charge >= 0.3 is 0 Å². The van der Waals surface area contributed by atoms with E-state index in [-0.39, 0.29) is 0 Å². The third-order valence-electron chi connectivity index (χ3n) is 9.77. The Morgan fingerprint density at radius 1 is 0.442 bits per heavy atom. The minimum atomic E-state index is 0.597. The monoisotopic (exact) mass is 664 g/mol. The van der Waals surface area contributed by atoms with Gasteiger partial charge in [0.15, 0.2) is 23.2 Å². The molecule has 52 heavy (non-hydrogen) atoms. The van der Waals surface area contributed by atoms with Crippen molar-refractivity contribution >= 4 is 49.3 Å². The summed E-state index contributed by atoms with van der Waals surface area (Å²) in [6.07, 6.45) is 0. The smallest absolute Gasteiger partial charge is 0.189 e. The van der Waals surface area contributed by atoms with Gasteiger partial charge < -0.3 is 9.13 Å². The Labute approximate surface area is 299 Å². The fraction of sp³-hybridized carbons (Fsp3) is 0. The van der Waals surface area contributed by atoms with E-state index in [0.717, 1.165) is 71.7 Å². The van der Waals surface area contributed by atoms with Crippen molar-refractivity contribution < 1.29 is 0 Å². The lowest BCUT2D eigenvalue weighted by molar-refractivity contribution is 1.06. The number of benzene rings is 7. The maximum Gasteiger partial charge on any atom is 0.189 e. The average Bonchev–Trinajstić information content (AvgIpc) is 3.74. The molecule has 3 aromatic heterocycles. The van der Waals surface area contributed by atoms with Crippen molar-refractivity contribution in [2.75, 3.05) is 0 Å². The molecule has 6 heteroatoms. The van der Waals surface area contributed by atoms with E-state index < -0.39 is 0 Å². The highest BCUT2D eigenvalue weighted by Crippen LogP contribution is 2.43. The van der Waals surface area contributed by atoms with Crippen molar-refractivity contribution in [3.8, 4) is 45.5 Å². The number of hydrogen-bond acceptors (Lipinski definition) is 3. The van der Waals surface area contributed by atoms with Crippen LogP contribution in [0.3, 0.4) is 0 Å². The molecule has 0 spiro atoms. The van der Waals surface area contributed by atoms with Gasteiger partial charge in [-0.2, -0.15) is 0 Å². The lowest BCUT2D eigenvalue weighted by Gasteiger charge is -2.15. The Morgan fingerprint density at radius 2 is 1.04 bits per heavy atom. The Hall–Kier alpha value is -7.36. The zero-order valence-electron chi connectivity index (χ0n) is 27.8. The molecule has 6 nitrogen and oxygen atoms in total. The molecule has 0 fully saturated rings. The van der Waals surface area contributed by atoms with Crippen molar-refractivity contribution in [2.24, 2.45) is 0 Å². The summed E-state index contributed by atoms with van der Waals surface area (Å²) in [5.74, 6) is 1.84. The van der Waals surface area contributed by atoms with E-state index in [2.05, 4.69) is 98.9 Å². The van der Waals surface area contributed by atoms with E-state index in [9.17, 15) is 0 Å². The van der Waals surface area contributed by atoms with E-state index in [1.165, 1.54) is 0 Å². The summed E-state index contributed by atoms with van der Waals surface area (Å²) >= 11 is 0. The Morgan fingerprint density at radius 3 is 1.75 bits per heavy atom. The van der Waals surface area contributed by atoms with E-state index in [4.69, 9.17) is 21.5 Å². The summed E-state index contributed by atoms with van der Waals surface area (Å²) in [6.45, 7) is 7.70. The van der Waals surface area contributed by atoms with Crippen molar-refractivity contribution in [3.63, 3.8) is 0 Å². The van der Waals surface area contributed by atoms with Crippen LogP contribution < -0.4 is 0 Å². The first-order valence-electron chi connectivity index (χ1n) is 17.2. The molecule has 0 bridgehead atoms. The molecular formula is C46H28N6. The molecule has 0 saturated carbocycles. The number of rotatable bonds is 5. The SMILES string of the molecule is [C-]#[N+]c1cccc(-n2c3ccccc3c3c2ccc2c4ccccc4n(-c4ccccc4-c4nc(-c5ccccc5)nc(-c5ccccc5)n4)c23)c1. The summed E-state index contributed by atoms with van der Waals surface area (Å²) in [5.41, 5.74) is 9.61. The quantitative estimate of drug-likeness (QED) is 0.172. The van der Waals surface area contributed by atoms with Crippen molar-refractivity contribution in [3.05, 3.63) is 181 Å². The first kappa shape index (κ1) is 29.5. The van der Waals surface area contributed by atoms with E-state index in [1.54, 1.807) is 0 Å². The molecular weight excluding hydrogens is 637 g/mol. The van der Waals surface area contributed by atoms with E-state index in [0.29, 0.717) is 23.2 Å². The fourth-order valence-corrected chi connectivity index (χ4v) is 7.53. The minimum absolute atomic E-state index is 0.597. The summed E-state index contributed by atoms with van der Waals surface area (Å²) in [7, 11) is 0. The van der Waals surface area contributed by atoms with Crippen LogP contribution in [0.4, 0.5) is 5.69 Å². The molecule has 0 unspecified atom stereocenters. The van der Waals surface area contributed by atoms with Gasteiger partial charge in [0.1, 0.15) is 0 Å². The number of para-hydroxylation sites is 3. The van der Waals surface area contributed by atoms with Gasteiger partial charge in [-0.1, -0.05) is 127 Å². The van der Waals surface area contributed by atoms with Gasteiger partial charge in [0.2, 0.25) is 0 Å². The maximum atomic E-state index is 7.70. The second-order valence-electron chi connectivity index (χ2n) is 12.7. The molecule has 0 aliphatic rings. The summed E-state index contributed by atoms with van der Waals surface area (Å²) in [4.78, 5) is 19.0. The fourth-order valence-electron chi connectivity index (χ4n) is 7.53. The zero-order chi connectivity index (χ0) is 34.6. The predicted molar refractivity (Wildman–Crippen MR) is 211 cm³/mol. The molecule has 0 atom stereocenters.